The minimum Gasteiger partial charge on any atom is -0.482 e. The van der Waals surface area contributed by atoms with Crippen LogP contribution in [-0.2, 0) is 6.61 Å². The molecule has 0 fully saturated rings. The molecule has 1 aromatic heterocycles. The molecule has 0 radical (unpaired) electrons. The number of hydrogen-bond donors (Lipinski definition) is 1. The van der Waals surface area contributed by atoms with Crippen molar-refractivity contribution in [1.82, 2.24) is 4.98 Å². The molecule has 0 saturated heterocycles. The van der Waals surface area contributed by atoms with Gasteiger partial charge in [-0.3, -0.25) is 10.1 Å². The molecule has 0 unspecified atom stereocenters. The standard InChI is InChI=1S/C14H12N2O5/c1-9-2-3-12(16(19)20)13(6-9)21-8-10-4-5-15-11(7-10)14(17)18/h2-7H,8H2,1H3,(H,17,18). The van der Waals surface area contributed by atoms with Crippen LogP contribution in [0.5, 0.6) is 5.75 Å². The molecule has 7 heteroatoms. The molecule has 0 saturated carbocycles. The number of rotatable bonds is 5. The molecule has 0 amide bonds. The van der Waals surface area contributed by atoms with Gasteiger partial charge in [-0.2, -0.15) is 0 Å². The lowest BCUT2D eigenvalue weighted by Gasteiger charge is -2.08. The Balaban J connectivity index is 2.20. The molecule has 7 nitrogen and oxygen atoms in total. The summed E-state index contributed by atoms with van der Waals surface area (Å²) in [7, 11) is 0. The minimum atomic E-state index is -1.14. The zero-order chi connectivity index (χ0) is 15.4. The first-order valence-electron chi connectivity index (χ1n) is 6.03. The van der Waals surface area contributed by atoms with Crippen molar-refractivity contribution < 1.29 is 19.6 Å². The van der Waals surface area contributed by atoms with Gasteiger partial charge < -0.3 is 9.84 Å². The first-order valence-corrected chi connectivity index (χ1v) is 6.03. The summed E-state index contributed by atoms with van der Waals surface area (Å²) in [6.45, 7) is 1.82. The number of carbonyl (C=O) groups is 1. The largest absolute Gasteiger partial charge is 0.482 e. The van der Waals surface area contributed by atoms with E-state index in [1.165, 1.54) is 18.3 Å². The SMILES string of the molecule is Cc1ccc([N+](=O)[O-])c(OCc2ccnc(C(=O)O)c2)c1. The summed E-state index contributed by atoms with van der Waals surface area (Å²) in [4.78, 5) is 24.9. The molecule has 21 heavy (non-hydrogen) atoms. The van der Waals surface area contributed by atoms with E-state index in [-0.39, 0.29) is 23.7 Å². The first kappa shape index (κ1) is 14.4. The van der Waals surface area contributed by atoms with Crippen LogP contribution in [0, 0.1) is 17.0 Å². The van der Waals surface area contributed by atoms with Crippen LogP contribution in [0.4, 0.5) is 5.69 Å². The molecule has 2 rings (SSSR count). The Bertz CT molecular complexity index is 700. The smallest absolute Gasteiger partial charge is 0.354 e. The quantitative estimate of drug-likeness (QED) is 0.670. The highest BCUT2D eigenvalue weighted by molar-refractivity contribution is 5.85. The lowest BCUT2D eigenvalue weighted by Crippen LogP contribution is -2.04. The molecule has 0 aliphatic rings. The van der Waals surface area contributed by atoms with Crippen LogP contribution >= 0.6 is 0 Å². The molecule has 0 aliphatic heterocycles. The fraction of sp³-hybridized carbons (Fsp3) is 0.143. The zero-order valence-electron chi connectivity index (χ0n) is 11.1. The number of aromatic carboxylic acids is 1. The summed E-state index contributed by atoms with van der Waals surface area (Å²) in [5.74, 6) is -0.993. The Morgan fingerprint density at radius 1 is 1.38 bits per heavy atom. The van der Waals surface area contributed by atoms with Gasteiger partial charge in [0.15, 0.2) is 5.75 Å². The molecule has 108 valence electrons. The van der Waals surface area contributed by atoms with E-state index < -0.39 is 10.9 Å². The number of carboxylic acids is 1. The second kappa shape index (κ2) is 6.00. The number of benzene rings is 1. The van der Waals surface area contributed by atoms with E-state index in [1.807, 2.05) is 0 Å². The van der Waals surface area contributed by atoms with Crippen molar-refractivity contribution in [2.75, 3.05) is 0 Å². The molecule has 0 bridgehead atoms. The number of nitro benzene ring substituents is 1. The van der Waals surface area contributed by atoms with Crippen LogP contribution in [0.3, 0.4) is 0 Å². The average molecular weight is 288 g/mol. The van der Waals surface area contributed by atoms with E-state index >= 15 is 0 Å². The summed E-state index contributed by atoms with van der Waals surface area (Å²) in [5.41, 5.74) is 1.16. The Morgan fingerprint density at radius 3 is 2.81 bits per heavy atom. The summed E-state index contributed by atoms with van der Waals surface area (Å²) in [6, 6.07) is 7.52. The Hall–Kier alpha value is -2.96. The second-order valence-corrected chi connectivity index (χ2v) is 4.37. The Labute approximate surface area is 120 Å². The van der Waals surface area contributed by atoms with Gasteiger partial charge in [0.25, 0.3) is 0 Å². The lowest BCUT2D eigenvalue weighted by molar-refractivity contribution is -0.386. The number of nitrogens with zero attached hydrogens (tertiary/aromatic N) is 2. The third kappa shape index (κ3) is 3.53. The predicted molar refractivity (Wildman–Crippen MR) is 73.4 cm³/mol. The Kier molecular flexibility index (Phi) is 4.13. The molecule has 0 spiro atoms. The lowest BCUT2D eigenvalue weighted by atomic mass is 10.2. The average Bonchev–Trinajstić information content (AvgIpc) is 2.45. The fourth-order valence-corrected chi connectivity index (χ4v) is 1.73. The molecule has 0 aliphatic carbocycles. The van der Waals surface area contributed by atoms with Crippen molar-refractivity contribution in [3.8, 4) is 5.75 Å². The van der Waals surface area contributed by atoms with Gasteiger partial charge in [0.1, 0.15) is 12.3 Å². The third-order valence-electron chi connectivity index (χ3n) is 2.75. The molecular weight excluding hydrogens is 276 g/mol. The van der Waals surface area contributed by atoms with Crippen LogP contribution in [-0.4, -0.2) is 21.0 Å². The van der Waals surface area contributed by atoms with Crippen molar-refractivity contribution in [1.29, 1.82) is 0 Å². The summed E-state index contributed by atoms with van der Waals surface area (Å²) < 4.78 is 5.44. The van der Waals surface area contributed by atoms with Gasteiger partial charge in [0.05, 0.1) is 4.92 Å². The van der Waals surface area contributed by atoms with E-state index in [4.69, 9.17) is 9.84 Å². The van der Waals surface area contributed by atoms with Crippen molar-refractivity contribution in [2.45, 2.75) is 13.5 Å². The van der Waals surface area contributed by atoms with Crippen molar-refractivity contribution in [3.05, 3.63) is 63.5 Å². The van der Waals surface area contributed by atoms with Crippen LogP contribution < -0.4 is 4.74 Å². The number of carboxylic acid groups (broad SMARTS) is 1. The second-order valence-electron chi connectivity index (χ2n) is 4.37. The molecular formula is C14H12N2O5. The molecule has 1 N–H and O–H groups in total. The molecule has 2 aromatic rings. The summed E-state index contributed by atoms with van der Waals surface area (Å²) in [5, 5.41) is 19.8. The molecule has 0 atom stereocenters. The van der Waals surface area contributed by atoms with Crippen LogP contribution in [0.25, 0.3) is 0 Å². The van der Waals surface area contributed by atoms with Gasteiger partial charge in [-0.25, -0.2) is 9.78 Å². The fourth-order valence-electron chi connectivity index (χ4n) is 1.73. The van der Waals surface area contributed by atoms with Crippen molar-refractivity contribution in [2.24, 2.45) is 0 Å². The Morgan fingerprint density at radius 2 is 2.14 bits per heavy atom. The van der Waals surface area contributed by atoms with Gasteiger partial charge in [0, 0.05) is 12.3 Å². The van der Waals surface area contributed by atoms with Crippen LogP contribution in [0.15, 0.2) is 36.5 Å². The highest BCUT2D eigenvalue weighted by Gasteiger charge is 2.15. The maximum atomic E-state index is 10.9. The number of aryl methyl sites for hydroxylation is 1. The van der Waals surface area contributed by atoms with E-state index in [0.29, 0.717) is 5.56 Å². The highest BCUT2D eigenvalue weighted by Crippen LogP contribution is 2.28. The van der Waals surface area contributed by atoms with Gasteiger partial charge in [-0.1, -0.05) is 6.07 Å². The number of nitro groups is 1. The summed E-state index contributed by atoms with van der Waals surface area (Å²) in [6.07, 6.45) is 1.35. The van der Waals surface area contributed by atoms with Gasteiger partial charge in [-0.05, 0) is 36.2 Å². The number of aromatic nitrogens is 1. The van der Waals surface area contributed by atoms with E-state index in [9.17, 15) is 14.9 Å². The zero-order valence-corrected chi connectivity index (χ0v) is 11.1. The van der Waals surface area contributed by atoms with Crippen molar-refractivity contribution in [3.63, 3.8) is 0 Å². The maximum absolute atomic E-state index is 10.9. The summed E-state index contributed by atoms with van der Waals surface area (Å²) >= 11 is 0. The van der Waals surface area contributed by atoms with Gasteiger partial charge in [0.2, 0.25) is 0 Å². The van der Waals surface area contributed by atoms with E-state index in [2.05, 4.69) is 4.98 Å². The normalized spacial score (nSPS) is 10.1. The number of pyridine rings is 1. The first-order chi connectivity index (χ1) is 9.97. The number of hydrogen-bond acceptors (Lipinski definition) is 5. The minimum absolute atomic E-state index is 0.0209. The molecule has 1 heterocycles. The predicted octanol–water partition coefficient (Wildman–Crippen LogP) is 2.58. The van der Waals surface area contributed by atoms with Gasteiger partial charge in [-0.15, -0.1) is 0 Å². The van der Waals surface area contributed by atoms with E-state index in [1.54, 1.807) is 25.1 Å². The number of ether oxygens (including phenoxy) is 1. The monoisotopic (exact) mass is 288 g/mol. The van der Waals surface area contributed by atoms with Gasteiger partial charge >= 0.3 is 11.7 Å². The highest BCUT2D eigenvalue weighted by atomic mass is 16.6. The van der Waals surface area contributed by atoms with E-state index in [0.717, 1.165) is 5.56 Å². The van der Waals surface area contributed by atoms with Crippen LogP contribution in [0.2, 0.25) is 0 Å². The molecule has 1 aromatic carbocycles. The maximum Gasteiger partial charge on any atom is 0.354 e. The topological polar surface area (TPSA) is 103 Å². The third-order valence-corrected chi connectivity index (χ3v) is 2.75. The van der Waals surface area contributed by atoms with Crippen LogP contribution in [0.1, 0.15) is 21.6 Å². The van der Waals surface area contributed by atoms with Crippen molar-refractivity contribution >= 4 is 11.7 Å².